The van der Waals surface area contributed by atoms with Crippen LogP contribution in [0.25, 0.3) is 11.1 Å². The largest absolute Gasteiger partial charge is 0.497 e. The number of hydrogen-bond acceptors (Lipinski definition) is 3. The minimum Gasteiger partial charge on any atom is -0.497 e. The predicted octanol–water partition coefficient (Wildman–Crippen LogP) is 2.51. The van der Waals surface area contributed by atoms with Crippen molar-refractivity contribution in [2.24, 2.45) is 0 Å². The minimum atomic E-state index is 0. The average Bonchev–Trinajstić information content (AvgIpc) is 2.65. The fraction of sp³-hybridized carbons (Fsp3) is 0.100. The lowest BCUT2D eigenvalue weighted by molar-refractivity contribution is 0.415. The van der Waals surface area contributed by atoms with Crippen LogP contribution in [0.4, 0.5) is 5.82 Å². The van der Waals surface area contributed by atoms with Crippen molar-refractivity contribution in [1.82, 2.24) is 10.2 Å². The number of aromatic nitrogens is 2. The van der Waals surface area contributed by atoms with Crippen LogP contribution in [0.2, 0.25) is 0 Å². The van der Waals surface area contributed by atoms with Crippen molar-refractivity contribution in [3.05, 3.63) is 30.5 Å². The zero-order valence-corrected chi connectivity index (χ0v) is 10.3. The highest BCUT2D eigenvalue weighted by molar-refractivity contribution is 5.85. The highest BCUT2D eigenvalue weighted by atomic mass is 35.5. The Morgan fingerprint density at radius 1 is 1.31 bits per heavy atom. The topological polar surface area (TPSA) is 63.9 Å². The number of halogens is 2. The molecule has 0 unspecified atom stereocenters. The summed E-state index contributed by atoms with van der Waals surface area (Å²) < 4.78 is 5.12. The lowest BCUT2D eigenvalue weighted by atomic mass is 10.1. The fourth-order valence-electron chi connectivity index (χ4n) is 1.32. The number of methoxy groups -OCH3 is 1. The van der Waals surface area contributed by atoms with Gasteiger partial charge in [-0.2, -0.15) is 5.10 Å². The van der Waals surface area contributed by atoms with Gasteiger partial charge in [-0.05, 0) is 17.7 Å². The first kappa shape index (κ1) is 14.6. The number of hydrogen-bond donors (Lipinski definition) is 2. The molecule has 0 fully saturated rings. The summed E-state index contributed by atoms with van der Waals surface area (Å²) >= 11 is 0. The Balaban J connectivity index is 0.00000112. The second-order valence-electron chi connectivity index (χ2n) is 2.93. The van der Waals surface area contributed by atoms with Gasteiger partial charge in [0.25, 0.3) is 0 Å². The van der Waals surface area contributed by atoms with Crippen LogP contribution in [-0.2, 0) is 0 Å². The number of nitrogen functional groups attached to an aromatic ring is 1. The van der Waals surface area contributed by atoms with E-state index in [1.165, 1.54) is 0 Å². The quantitative estimate of drug-likeness (QED) is 0.874. The summed E-state index contributed by atoms with van der Waals surface area (Å²) in [7, 11) is 1.64. The number of benzene rings is 1. The summed E-state index contributed by atoms with van der Waals surface area (Å²) in [5, 5.41) is 6.55. The summed E-state index contributed by atoms with van der Waals surface area (Å²) in [6, 6.07) is 7.69. The van der Waals surface area contributed by atoms with Crippen LogP contribution < -0.4 is 10.5 Å². The first-order valence-corrected chi connectivity index (χ1v) is 4.24. The maximum absolute atomic E-state index is 5.71. The molecule has 0 amide bonds. The summed E-state index contributed by atoms with van der Waals surface area (Å²) in [5.74, 6) is 1.38. The molecule has 3 N–H and O–H groups in total. The number of nitrogens with two attached hydrogens (primary N) is 1. The highest BCUT2D eigenvalue weighted by Crippen LogP contribution is 2.26. The molecule has 2 rings (SSSR count). The van der Waals surface area contributed by atoms with E-state index in [4.69, 9.17) is 10.5 Å². The van der Waals surface area contributed by atoms with Gasteiger partial charge in [-0.25, -0.2) is 0 Å². The van der Waals surface area contributed by atoms with Gasteiger partial charge in [0, 0.05) is 5.56 Å². The highest BCUT2D eigenvalue weighted by Gasteiger charge is 2.04. The molecule has 88 valence electrons. The van der Waals surface area contributed by atoms with Crippen molar-refractivity contribution in [2.75, 3.05) is 12.8 Å². The smallest absolute Gasteiger partial charge is 0.126 e. The molecule has 0 saturated carbocycles. The summed E-state index contributed by atoms with van der Waals surface area (Å²) in [6.07, 6.45) is 1.70. The van der Waals surface area contributed by atoms with E-state index in [1.54, 1.807) is 13.3 Å². The lowest BCUT2D eigenvalue weighted by Gasteiger charge is -2.02. The van der Waals surface area contributed by atoms with Gasteiger partial charge < -0.3 is 10.5 Å². The molecule has 0 atom stereocenters. The van der Waals surface area contributed by atoms with Gasteiger partial charge in [-0.15, -0.1) is 24.8 Å². The van der Waals surface area contributed by atoms with Crippen molar-refractivity contribution in [1.29, 1.82) is 0 Å². The Morgan fingerprint density at radius 2 is 2.06 bits per heavy atom. The van der Waals surface area contributed by atoms with Crippen molar-refractivity contribution >= 4 is 30.6 Å². The molecule has 1 heterocycles. The fourth-order valence-corrected chi connectivity index (χ4v) is 1.32. The summed E-state index contributed by atoms with van der Waals surface area (Å²) in [6.45, 7) is 0. The first-order valence-electron chi connectivity index (χ1n) is 4.24. The van der Waals surface area contributed by atoms with Crippen LogP contribution in [0.5, 0.6) is 5.75 Å². The van der Waals surface area contributed by atoms with Gasteiger partial charge >= 0.3 is 0 Å². The third-order valence-corrected chi connectivity index (χ3v) is 2.05. The molecule has 0 aliphatic rings. The molecule has 0 aliphatic heterocycles. The Labute approximate surface area is 106 Å². The maximum atomic E-state index is 5.71. The molecule has 0 bridgehead atoms. The molecule has 16 heavy (non-hydrogen) atoms. The van der Waals surface area contributed by atoms with Crippen LogP contribution in [0.15, 0.2) is 30.5 Å². The summed E-state index contributed by atoms with van der Waals surface area (Å²) in [5.41, 5.74) is 7.59. The number of aromatic amines is 1. The van der Waals surface area contributed by atoms with E-state index in [2.05, 4.69) is 10.2 Å². The van der Waals surface area contributed by atoms with E-state index in [0.717, 1.165) is 16.9 Å². The molecule has 1 aromatic carbocycles. The number of nitrogens with one attached hydrogen (secondary N) is 1. The molecule has 0 radical (unpaired) electrons. The number of anilines is 1. The van der Waals surface area contributed by atoms with Crippen molar-refractivity contribution in [2.45, 2.75) is 0 Å². The van der Waals surface area contributed by atoms with E-state index in [1.807, 2.05) is 24.3 Å². The van der Waals surface area contributed by atoms with E-state index in [0.29, 0.717) is 5.82 Å². The molecule has 0 saturated heterocycles. The average molecular weight is 262 g/mol. The third kappa shape index (κ3) is 2.81. The van der Waals surface area contributed by atoms with E-state index < -0.39 is 0 Å². The molecule has 1 aromatic heterocycles. The Hall–Kier alpha value is -1.39. The summed E-state index contributed by atoms with van der Waals surface area (Å²) in [4.78, 5) is 0. The van der Waals surface area contributed by atoms with Crippen molar-refractivity contribution < 1.29 is 4.74 Å². The van der Waals surface area contributed by atoms with Gasteiger partial charge in [0.05, 0.1) is 13.3 Å². The van der Waals surface area contributed by atoms with Crippen LogP contribution in [0.3, 0.4) is 0 Å². The van der Waals surface area contributed by atoms with Crippen LogP contribution in [0, 0.1) is 0 Å². The minimum absolute atomic E-state index is 0. The number of H-pyrrole nitrogens is 1. The number of rotatable bonds is 2. The van der Waals surface area contributed by atoms with Gasteiger partial charge in [-0.1, -0.05) is 12.1 Å². The molecule has 4 nitrogen and oxygen atoms in total. The monoisotopic (exact) mass is 261 g/mol. The Kier molecular flexibility index (Phi) is 5.71. The van der Waals surface area contributed by atoms with Crippen LogP contribution in [-0.4, -0.2) is 17.3 Å². The van der Waals surface area contributed by atoms with Gasteiger partial charge in [-0.3, -0.25) is 5.10 Å². The molecule has 6 heteroatoms. The molecule has 0 spiro atoms. The zero-order chi connectivity index (χ0) is 9.97. The molecular weight excluding hydrogens is 249 g/mol. The first-order chi connectivity index (χ1) is 6.81. The molecule has 2 aromatic rings. The van der Waals surface area contributed by atoms with Gasteiger partial charge in [0.1, 0.15) is 11.6 Å². The van der Waals surface area contributed by atoms with Crippen molar-refractivity contribution in [3.63, 3.8) is 0 Å². The van der Waals surface area contributed by atoms with E-state index >= 15 is 0 Å². The van der Waals surface area contributed by atoms with E-state index in [-0.39, 0.29) is 24.8 Å². The lowest BCUT2D eigenvalue weighted by Crippen LogP contribution is -1.88. The van der Waals surface area contributed by atoms with E-state index in [9.17, 15) is 0 Å². The Bertz CT molecular complexity index is 445. The van der Waals surface area contributed by atoms with Gasteiger partial charge in [0.15, 0.2) is 0 Å². The van der Waals surface area contributed by atoms with Crippen molar-refractivity contribution in [3.8, 4) is 16.9 Å². The van der Waals surface area contributed by atoms with Gasteiger partial charge in [0.2, 0.25) is 0 Å². The molecular formula is C10H13Cl2N3O. The zero-order valence-electron chi connectivity index (χ0n) is 8.64. The standard InChI is InChI=1S/C10H11N3O.2ClH/c1-14-8-4-2-3-7(5-8)9-6-12-13-10(9)11;;/h2-6H,1H3,(H3,11,12,13);2*1H. The molecule has 0 aliphatic carbocycles. The third-order valence-electron chi connectivity index (χ3n) is 2.05. The maximum Gasteiger partial charge on any atom is 0.126 e. The van der Waals surface area contributed by atoms with Crippen LogP contribution >= 0.6 is 24.8 Å². The number of ether oxygens (including phenoxy) is 1. The van der Waals surface area contributed by atoms with Crippen LogP contribution in [0.1, 0.15) is 0 Å². The normalized spacial score (nSPS) is 8.81. The number of nitrogens with zero attached hydrogens (tertiary/aromatic N) is 1. The predicted molar refractivity (Wildman–Crippen MR) is 69.5 cm³/mol. The SMILES string of the molecule is COc1cccc(-c2cn[nH]c2N)c1.Cl.Cl. The Morgan fingerprint density at radius 3 is 2.62 bits per heavy atom. The second kappa shape index (κ2) is 6.25. The second-order valence-corrected chi connectivity index (χ2v) is 2.93.